The minimum Gasteiger partial charge on any atom is -0.481 e. The second-order valence-corrected chi connectivity index (χ2v) is 18.5. The Morgan fingerprint density at radius 3 is 1.28 bits per heavy atom. The molecule has 5 aliphatic rings. The standard InChI is InChI=1S/C34H53O11P/c35-31(36)25-14-11-20(17-27(25)33(39)40)44-22-13-16-29(45-21-12-15-26(32(37)38)28(18-21)34(41)42)30(19-22)46(43,23-7-3-1-4-8-23)24-9-5-2-6-10-24/h20-30H,1-19H2,(H,35,36)(H,37,38)(H,39,40)(H,41,42). The first kappa shape index (κ1) is 35.3. The molecule has 11 nitrogen and oxygen atoms in total. The molecule has 5 fully saturated rings. The molecule has 0 amide bonds. The summed E-state index contributed by atoms with van der Waals surface area (Å²) >= 11 is 0. The van der Waals surface area contributed by atoms with E-state index in [0.29, 0.717) is 32.1 Å². The molecule has 0 radical (unpaired) electrons. The van der Waals surface area contributed by atoms with Gasteiger partial charge in [-0.15, -0.1) is 0 Å². The zero-order valence-electron chi connectivity index (χ0n) is 26.9. The summed E-state index contributed by atoms with van der Waals surface area (Å²) in [5.41, 5.74) is -0.0178. The summed E-state index contributed by atoms with van der Waals surface area (Å²) in [5.74, 6) is -8.34. The summed E-state index contributed by atoms with van der Waals surface area (Å²) in [6.45, 7) is 0. The molecule has 0 aromatic heterocycles. The lowest BCUT2D eigenvalue weighted by Gasteiger charge is -2.49. The maximum Gasteiger partial charge on any atom is 0.307 e. The Morgan fingerprint density at radius 1 is 0.457 bits per heavy atom. The van der Waals surface area contributed by atoms with Crippen LogP contribution in [0, 0.1) is 23.7 Å². The van der Waals surface area contributed by atoms with Gasteiger partial charge in [-0.25, -0.2) is 0 Å². The lowest BCUT2D eigenvalue weighted by atomic mass is 9.77. The van der Waals surface area contributed by atoms with Crippen LogP contribution in [-0.2, 0) is 33.2 Å². The van der Waals surface area contributed by atoms with Gasteiger partial charge in [0.25, 0.3) is 0 Å². The van der Waals surface area contributed by atoms with Crippen molar-refractivity contribution >= 4 is 31.0 Å². The van der Waals surface area contributed by atoms with Crippen LogP contribution in [0.3, 0.4) is 0 Å². The van der Waals surface area contributed by atoms with Crippen molar-refractivity contribution in [2.24, 2.45) is 23.7 Å². The van der Waals surface area contributed by atoms with Crippen LogP contribution in [0.1, 0.15) is 122 Å². The summed E-state index contributed by atoms with van der Waals surface area (Å²) in [6.07, 6.45) is 12.3. The van der Waals surface area contributed by atoms with Crippen LogP contribution in [0.5, 0.6) is 0 Å². The fourth-order valence-electron chi connectivity index (χ4n) is 9.76. The first-order valence-electron chi connectivity index (χ1n) is 17.8. The third-order valence-corrected chi connectivity index (χ3v) is 17.0. The Kier molecular flexibility index (Phi) is 11.9. The smallest absolute Gasteiger partial charge is 0.307 e. The highest BCUT2D eigenvalue weighted by atomic mass is 31.2. The molecule has 0 spiro atoms. The molecule has 12 heteroatoms. The van der Waals surface area contributed by atoms with E-state index in [0.717, 1.165) is 64.2 Å². The van der Waals surface area contributed by atoms with Crippen molar-refractivity contribution in [3.05, 3.63) is 0 Å². The summed E-state index contributed by atoms with van der Waals surface area (Å²) < 4.78 is 29.3. The van der Waals surface area contributed by atoms with Gasteiger partial charge in [-0.05, 0) is 83.5 Å². The van der Waals surface area contributed by atoms with Crippen molar-refractivity contribution < 1.29 is 53.6 Å². The molecule has 4 N–H and O–H groups in total. The molecule has 9 atom stereocenters. The van der Waals surface area contributed by atoms with Gasteiger partial charge in [0, 0.05) is 17.0 Å². The SMILES string of the molecule is O=C(O)C1CCC(OC2CCC(OC3CCC(C(=O)O)C(C(=O)O)C3)C(P(=O)(C3CCCCC3)C3CCCCC3)C2)CC1C(=O)O. The first-order valence-corrected chi connectivity index (χ1v) is 19.7. The van der Waals surface area contributed by atoms with Crippen LogP contribution in [0.4, 0.5) is 0 Å². The summed E-state index contributed by atoms with van der Waals surface area (Å²) in [7, 11) is -2.86. The van der Waals surface area contributed by atoms with Crippen molar-refractivity contribution in [2.75, 3.05) is 0 Å². The van der Waals surface area contributed by atoms with Gasteiger partial charge in [0.2, 0.25) is 0 Å². The minimum absolute atomic E-state index is 0.121. The van der Waals surface area contributed by atoms with Crippen molar-refractivity contribution in [3.63, 3.8) is 0 Å². The van der Waals surface area contributed by atoms with E-state index in [2.05, 4.69) is 0 Å². The molecule has 0 aromatic rings. The van der Waals surface area contributed by atoms with Gasteiger partial charge >= 0.3 is 23.9 Å². The van der Waals surface area contributed by atoms with Crippen molar-refractivity contribution in [1.29, 1.82) is 0 Å². The fraction of sp³-hybridized carbons (Fsp3) is 0.882. The van der Waals surface area contributed by atoms with E-state index >= 15 is 4.57 Å². The second kappa shape index (κ2) is 15.5. The number of aliphatic carboxylic acids is 4. The minimum atomic E-state index is -2.86. The highest BCUT2D eigenvalue weighted by Gasteiger charge is 2.53. The Morgan fingerprint density at radius 2 is 0.848 bits per heavy atom. The second-order valence-electron chi connectivity index (χ2n) is 14.8. The number of carboxylic acids is 4. The van der Waals surface area contributed by atoms with E-state index in [4.69, 9.17) is 9.47 Å². The number of ether oxygens (including phenoxy) is 2. The zero-order chi connectivity index (χ0) is 33.0. The van der Waals surface area contributed by atoms with E-state index < -0.39 is 60.8 Å². The van der Waals surface area contributed by atoms with Gasteiger partial charge in [0.15, 0.2) is 0 Å². The molecule has 0 saturated heterocycles. The van der Waals surface area contributed by atoms with Crippen LogP contribution in [0.2, 0.25) is 0 Å². The third kappa shape index (κ3) is 7.84. The molecule has 0 bridgehead atoms. The van der Waals surface area contributed by atoms with Crippen LogP contribution in [-0.4, -0.2) is 85.7 Å². The third-order valence-electron chi connectivity index (χ3n) is 12.1. The number of carboxylic acid groups (broad SMARTS) is 4. The molecular weight excluding hydrogens is 615 g/mol. The highest BCUT2D eigenvalue weighted by Crippen LogP contribution is 2.69. The topological polar surface area (TPSA) is 185 Å². The van der Waals surface area contributed by atoms with Gasteiger partial charge in [-0.3, -0.25) is 19.2 Å². The highest BCUT2D eigenvalue weighted by molar-refractivity contribution is 7.66. The molecule has 5 aliphatic carbocycles. The predicted octanol–water partition coefficient (Wildman–Crippen LogP) is 6.25. The zero-order valence-corrected chi connectivity index (χ0v) is 27.8. The van der Waals surface area contributed by atoms with E-state index in [1.54, 1.807) is 0 Å². The van der Waals surface area contributed by atoms with Crippen LogP contribution >= 0.6 is 7.14 Å². The maximum atomic E-state index is 15.9. The average Bonchev–Trinajstić information content (AvgIpc) is 3.05. The summed E-state index contributed by atoms with van der Waals surface area (Å²) in [4.78, 5) is 47.5. The van der Waals surface area contributed by atoms with Crippen LogP contribution in [0.25, 0.3) is 0 Å². The molecule has 9 unspecified atom stereocenters. The Labute approximate surface area is 271 Å². The number of carbonyl (C=O) groups is 4. The lowest BCUT2D eigenvalue weighted by molar-refractivity contribution is -0.162. The number of hydrogen-bond donors (Lipinski definition) is 4. The predicted molar refractivity (Wildman–Crippen MR) is 169 cm³/mol. The maximum absolute atomic E-state index is 15.9. The van der Waals surface area contributed by atoms with Gasteiger partial charge in [0.05, 0.1) is 55.2 Å². The van der Waals surface area contributed by atoms with Crippen LogP contribution < -0.4 is 0 Å². The van der Waals surface area contributed by atoms with Crippen molar-refractivity contribution in [2.45, 2.75) is 163 Å². The molecule has 5 rings (SSSR count). The van der Waals surface area contributed by atoms with Gasteiger partial charge in [0.1, 0.15) is 0 Å². The number of hydrogen-bond acceptors (Lipinski definition) is 7. The van der Waals surface area contributed by atoms with E-state index in [1.165, 1.54) is 0 Å². The fourth-order valence-corrected chi connectivity index (χ4v) is 15.1. The lowest BCUT2D eigenvalue weighted by Crippen LogP contribution is -2.47. The van der Waals surface area contributed by atoms with E-state index in [9.17, 15) is 39.6 Å². The van der Waals surface area contributed by atoms with Crippen molar-refractivity contribution in [1.82, 2.24) is 0 Å². The Hall–Kier alpha value is -1.97. The monoisotopic (exact) mass is 668 g/mol. The molecule has 0 heterocycles. The summed E-state index contributed by atoms with van der Waals surface area (Å²) in [6, 6.07) is 0. The van der Waals surface area contributed by atoms with Crippen LogP contribution in [0.15, 0.2) is 0 Å². The Bertz CT molecular complexity index is 1120. The molecule has 0 aromatic carbocycles. The van der Waals surface area contributed by atoms with Gasteiger partial charge < -0.3 is 34.5 Å². The van der Waals surface area contributed by atoms with Gasteiger partial charge in [-0.1, -0.05) is 38.5 Å². The van der Waals surface area contributed by atoms with Gasteiger partial charge in [-0.2, -0.15) is 0 Å². The molecular formula is C34H53O11P. The van der Waals surface area contributed by atoms with E-state index in [1.807, 2.05) is 0 Å². The normalized spacial score (nSPS) is 36.9. The average molecular weight is 669 g/mol. The van der Waals surface area contributed by atoms with Crippen molar-refractivity contribution in [3.8, 4) is 0 Å². The molecule has 5 saturated carbocycles. The molecule has 46 heavy (non-hydrogen) atoms. The number of rotatable bonds is 11. The molecule has 0 aliphatic heterocycles. The quantitative estimate of drug-likeness (QED) is 0.183. The summed E-state index contributed by atoms with van der Waals surface area (Å²) in [5, 5.41) is 38.8. The van der Waals surface area contributed by atoms with E-state index in [-0.39, 0.29) is 61.0 Å². The largest absolute Gasteiger partial charge is 0.481 e. The molecule has 260 valence electrons. The first-order chi connectivity index (χ1) is 22.0. The Balaban J connectivity index is 1.39.